The Hall–Kier alpha value is -1.17. The van der Waals surface area contributed by atoms with Gasteiger partial charge in [0, 0.05) is 17.5 Å². The van der Waals surface area contributed by atoms with E-state index in [0.717, 1.165) is 12.2 Å². The van der Waals surface area contributed by atoms with Crippen molar-refractivity contribution in [2.75, 3.05) is 12.3 Å². The minimum Gasteiger partial charge on any atom is -0.337 e. The predicted octanol–water partition coefficient (Wildman–Crippen LogP) is 1.49. The maximum absolute atomic E-state index is 11.6. The van der Waals surface area contributed by atoms with E-state index in [-0.39, 0.29) is 10.8 Å². The Morgan fingerprint density at radius 2 is 2.53 bits per heavy atom. The summed E-state index contributed by atoms with van der Waals surface area (Å²) in [6, 6.07) is 1.72. The molecule has 1 saturated heterocycles. The number of thioether (sulfide) groups is 1. The standard InChI is InChI=1S/C11H18N4OS/c1-11(4-2-6-17-11)8-13-10(16)12-7-9-3-5-14-15-9/h3,5H,2,4,6-8H2,1H3,(H,14,15)(H2,12,13,16)/t11-/m0/s1. The minimum absolute atomic E-state index is 0.117. The number of rotatable bonds is 4. The van der Waals surface area contributed by atoms with E-state index in [1.807, 2.05) is 17.8 Å². The van der Waals surface area contributed by atoms with E-state index in [4.69, 9.17) is 0 Å². The third-order valence-corrected chi connectivity index (χ3v) is 4.46. The molecule has 5 nitrogen and oxygen atoms in total. The van der Waals surface area contributed by atoms with Crippen LogP contribution in [0.3, 0.4) is 0 Å². The highest BCUT2D eigenvalue weighted by molar-refractivity contribution is 8.00. The molecule has 1 aromatic rings. The Bertz CT molecular complexity index is 360. The molecule has 0 unspecified atom stereocenters. The number of hydrogen-bond acceptors (Lipinski definition) is 3. The van der Waals surface area contributed by atoms with Gasteiger partial charge in [0.2, 0.25) is 0 Å². The fourth-order valence-electron chi connectivity index (χ4n) is 1.86. The minimum atomic E-state index is -0.117. The summed E-state index contributed by atoms with van der Waals surface area (Å²) in [5.74, 6) is 1.20. The van der Waals surface area contributed by atoms with Gasteiger partial charge in [0.1, 0.15) is 0 Å². The number of nitrogens with one attached hydrogen (secondary N) is 3. The van der Waals surface area contributed by atoms with Gasteiger partial charge in [-0.1, -0.05) is 0 Å². The predicted molar refractivity (Wildman–Crippen MR) is 68.9 cm³/mol. The quantitative estimate of drug-likeness (QED) is 0.762. The van der Waals surface area contributed by atoms with Gasteiger partial charge >= 0.3 is 6.03 Å². The van der Waals surface area contributed by atoms with Crippen molar-refractivity contribution < 1.29 is 4.79 Å². The van der Waals surface area contributed by atoms with Crippen molar-refractivity contribution in [3.05, 3.63) is 18.0 Å². The van der Waals surface area contributed by atoms with Crippen LogP contribution in [-0.2, 0) is 6.54 Å². The number of carbonyl (C=O) groups is 1. The van der Waals surface area contributed by atoms with Crippen molar-refractivity contribution >= 4 is 17.8 Å². The number of carbonyl (C=O) groups excluding carboxylic acids is 1. The number of urea groups is 1. The Morgan fingerprint density at radius 3 is 3.18 bits per heavy atom. The Morgan fingerprint density at radius 1 is 1.65 bits per heavy atom. The molecule has 1 aliphatic heterocycles. The second kappa shape index (κ2) is 5.44. The third kappa shape index (κ3) is 3.66. The van der Waals surface area contributed by atoms with Gasteiger partial charge in [-0.2, -0.15) is 16.9 Å². The van der Waals surface area contributed by atoms with Crippen molar-refractivity contribution in [3.63, 3.8) is 0 Å². The van der Waals surface area contributed by atoms with E-state index >= 15 is 0 Å². The number of nitrogens with zero attached hydrogens (tertiary/aromatic N) is 1. The molecular formula is C11H18N4OS. The van der Waals surface area contributed by atoms with Crippen LogP contribution in [0.2, 0.25) is 0 Å². The fraction of sp³-hybridized carbons (Fsp3) is 0.636. The summed E-state index contributed by atoms with van der Waals surface area (Å²) >= 11 is 1.94. The van der Waals surface area contributed by atoms with Gasteiger partial charge in [-0.25, -0.2) is 4.79 Å². The Balaban J connectivity index is 1.67. The fourth-order valence-corrected chi connectivity index (χ4v) is 3.11. The molecule has 2 rings (SSSR count). The molecule has 1 atom stereocenters. The highest BCUT2D eigenvalue weighted by Crippen LogP contribution is 2.36. The van der Waals surface area contributed by atoms with E-state index < -0.39 is 0 Å². The zero-order valence-corrected chi connectivity index (χ0v) is 10.8. The molecule has 2 amide bonds. The van der Waals surface area contributed by atoms with Crippen LogP contribution in [0, 0.1) is 0 Å². The van der Waals surface area contributed by atoms with Crippen LogP contribution in [0.1, 0.15) is 25.5 Å². The van der Waals surface area contributed by atoms with Crippen LogP contribution in [0.15, 0.2) is 12.3 Å². The molecule has 0 bridgehead atoms. The van der Waals surface area contributed by atoms with Crippen molar-refractivity contribution in [1.29, 1.82) is 0 Å². The molecule has 0 aliphatic carbocycles. The van der Waals surface area contributed by atoms with Crippen LogP contribution in [0.5, 0.6) is 0 Å². The van der Waals surface area contributed by atoms with Crippen molar-refractivity contribution in [2.24, 2.45) is 0 Å². The maximum Gasteiger partial charge on any atom is 0.315 e. The van der Waals surface area contributed by atoms with Crippen LogP contribution in [0.4, 0.5) is 4.79 Å². The first-order chi connectivity index (χ1) is 8.18. The molecule has 0 spiro atoms. The lowest BCUT2D eigenvalue weighted by Crippen LogP contribution is -2.42. The third-order valence-electron chi connectivity index (χ3n) is 2.92. The van der Waals surface area contributed by atoms with E-state index in [1.54, 1.807) is 6.20 Å². The van der Waals surface area contributed by atoms with Crippen LogP contribution >= 0.6 is 11.8 Å². The van der Waals surface area contributed by atoms with Gasteiger partial charge in [-0.05, 0) is 31.6 Å². The molecule has 1 aliphatic rings. The van der Waals surface area contributed by atoms with E-state index in [1.165, 1.54) is 18.6 Å². The van der Waals surface area contributed by atoms with Gasteiger partial charge < -0.3 is 10.6 Å². The highest BCUT2D eigenvalue weighted by atomic mass is 32.2. The molecule has 3 N–H and O–H groups in total. The second-order valence-electron chi connectivity index (χ2n) is 4.52. The molecule has 0 aromatic carbocycles. The second-order valence-corrected chi connectivity index (χ2v) is 6.20. The molecule has 6 heteroatoms. The Labute approximate surface area is 105 Å². The molecule has 0 saturated carbocycles. The number of H-pyrrole nitrogens is 1. The first kappa shape index (κ1) is 12.3. The van der Waals surface area contributed by atoms with Crippen molar-refractivity contribution in [2.45, 2.75) is 31.1 Å². The number of aromatic amines is 1. The molecule has 17 heavy (non-hydrogen) atoms. The van der Waals surface area contributed by atoms with Crippen molar-refractivity contribution in [1.82, 2.24) is 20.8 Å². The molecule has 0 radical (unpaired) electrons. The van der Waals surface area contributed by atoms with E-state index in [9.17, 15) is 4.79 Å². The zero-order valence-electron chi connectivity index (χ0n) is 9.95. The number of aromatic nitrogens is 2. The summed E-state index contributed by atoms with van der Waals surface area (Å²) in [6.45, 7) is 3.42. The topological polar surface area (TPSA) is 69.8 Å². The molecular weight excluding hydrogens is 236 g/mol. The van der Waals surface area contributed by atoms with E-state index in [2.05, 4.69) is 27.8 Å². The number of amides is 2. The number of hydrogen-bond donors (Lipinski definition) is 3. The first-order valence-electron chi connectivity index (χ1n) is 5.82. The SMILES string of the molecule is C[C@@]1(CNC(=O)NCc2ccn[nH]2)CCCS1. The van der Waals surface area contributed by atoms with Gasteiger partial charge in [0.15, 0.2) is 0 Å². The zero-order chi connectivity index (χ0) is 12.1. The highest BCUT2D eigenvalue weighted by Gasteiger charge is 2.29. The summed E-state index contributed by atoms with van der Waals surface area (Å²) in [5, 5.41) is 12.3. The summed E-state index contributed by atoms with van der Waals surface area (Å²) in [6.07, 6.45) is 4.10. The summed E-state index contributed by atoms with van der Waals surface area (Å²) in [7, 11) is 0. The monoisotopic (exact) mass is 254 g/mol. The van der Waals surface area contributed by atoms with Gasteiger partial charge in [0.25, 0.3) is 0 Å². The van der Waals surface area contributed by atoms with Crippen molar-refractivity contribution in [3.8, 4) is 0 Å². The lowest BCUT2D eigenvalue weighted by atomic mass is 10.1. The molecule has 1 fully saturated rings. The first-order valence-corrected chi connectivity index (χ1v) is 6.80. The lowest BCUT2D eigenvalue weighted by molar-refractivity contribution is 0.239. The molecule has 1 aromatic heterocycles. The summed E-state index contributed by atoms with van der Waals surface area (Å²) < 4.78 is 0.214. The van der Waals surface area contributed by atoms with Gasteiger partial charge in [-0.3, -0.25) is 5.10 Å². The Kier molecular flexibility index (Phi) is 3.93. The van der Waals surface area contributed by atoms with E-state index in [0.29, 0.717) is 6.54 Å². The van der Waals surface area contributed by atoms with Crippen LogP contribution in [-0.4, -0.2) is 33.3 Å². The van der Waals surface area contributed by atoms with Gasteiger partial charge in [-0.15, -0.1) is 0 Å². The van der Waals surface area contributed by atoms with Crippen LogP contribution in [0.25, 0.3) is 0 Å². The largest absolute Gasteiger partial charge is 0.337 e. The average Bonchev–Trinajstić information content (AvgIpc) is 2.95. The van der Waals surface area contributed by atoms with Crippen LogP contribution < -0.4 is 10.6 Å². The lowest BCUT2D eigenvalue weighted by Gasteiger charge is -2.22. The average molecular weight is 254 g/mol. The normalized spacial score (nSPS) is 23.6. The van der Waals surface area contributed by atoms with Gasteiger partial charge in [0.05, 0.1) is 12.2 Å². The smallest absolute Gasteiger partial charge is 0.315 e. The summed E-state index contributed by atoms with van der Waals surface area (Å²) in [4.78, 5) is 11.6. The summed E-state index contributed by atoms with van der Waals surface area (Å²) in [5.41, 5.74) is 0.904. The maximum atomic E-state index is 11.6. The molecule has 2 heterocycles. The molecule has 94 valence electrons.